The zero-order chi connectivity index (χ0) is 18.8. The number of nitrogens with zero attached hydrogens (tertiary/aromatic N) is 4. The molecular weight excluding hydrogens is 396 g/mol. The molecule has 1 aromatic carbocycles. The lowest BCUT2D eigenvalue weighted by Crippen LogP contribution is -2.36. The molecule has 0 saturated carbocycles. The van der Waals surface area contributed by atoms with Crippen LogP contribution in [0, 0.1) is 13.8 Å². The predicted octanol–water partition coefficient (Wildman–Crippen LogP) is 2.55. The number of aryl methyl sites for hydroxylation is 2. The Morgan fingerprint density at radius 2 is 2.14 bits per heavy atom. The SMILES string of the molecule is Cc1cc(C)n2nc(SCc3ccccc3C(=O)NC3CCNC3)nc2n1.Cl. The summed E-state index contributed by atoms with van der Waals surface area (Å²) in [5.74, 6) is 1.22. The van der Waals surface area contributed by atoms with Crippen molar-refractivity contribution in [3.05, 3.63) is 52.8 Å². The highest BCUT2D eigenvalue weighted by molar-refractivity contribution is 7.98. The van der Waals surface area contributed by atoms with Gasteiger partial charge >= 0.3 is 0 Å². The van der Waals surface area contributed by atoms with E-state index in [1.165, 1.54) is 11.8 Å². The number of hydrogen-bond donors (Lipinski definition) is 2. The van der Waals surface area contributed by atoms with Gasteiger partial charge in [-0.25, -0.2) is 9.50 Å². The number of aromatic nitrogens is 4. The monoisotopic (exact) mass is 418 g/mol. The highest BCUT2D eigenvalue weighted by Crippen LogP contribution is 2.23. The summed E-state index contributed by atoms with van der Waals surface area (Å²) in [6.45, 7) is 5.72. The van der Waals surface area contributed by atoms with Crippen LogP contribution in [0.1, 0.15) is 33.7 Å². The molecule has 1 amide bonds. The molecule has 28 heavy (non-hydrogen) atoms. The third-order valence-corrected chi connectivity index (χ3v) is 5.50. The molecule has 1 aliphatic heterocycles. The van der Waals surface area contributed by atoms with Crippen molar-refractivity contribution in [3.63, 3.8) is 0 Å². The van der Waals surface area contributed by atoms with Gasteiger partial charge in [0.15, 0.2) is 0 Å². The van der Waals surface area contributed by atoms with Crippen molar-refractivity contribution in [3.8, 4) is 0 Å². The normalized spacial score (nSPS) is 16.1. The molecule has 2 N–H and O–H groups in total. The number of benzene rings is 1. The molecule has 1 unspecified atom stereocenters. The van der Waals surface area contributed by atoms with E-state index >= 15 is 0 Å². The lowest BCUT2D eigenvalue weighted by atomic mass is 10.1. The standard InChI is InChI=1S/C19H22N6OS.ClH/c1-12-9-13(2)25-18(21-12)23-19(24-25)27-11-14-5-3-4-6-16(14)17(26)22-15-7-8-20-10-15;/h3-6,9,15,20H,7-8,10-11H2,1-2H3,(H,22,26);1H. The summed E-state index contributed by atoms with van der Waals surface area (Å²) in [5.41, 5.74) is 3.62. The number of rotatable bonds is 5. The van der Waals surface area contributed by atoms with E-state index in [1.54, 1.807) is 4.52 Å². The Bertz CT molecular complexity index is 986. The molecule has 1 fully saturated rings. The average Bonchev–Trinajstić information content (AvgIpc) is 3.29. The van der Waals surface area contributed by atoms with E-state index in [4.69, 9.17) is 0 Å². The van der Waals surface area contributed by atoms with E-state index < -0.39 is 0 Å². The van der Waals surface area contributed by atoms with Gasteiger partial charge in [-0.1, -0.05) is 30.0 Å². The van der Waals surface area contributed by atoms with Crippen LogP contribution in [0.3, 0.4) is 0 Å². The first-order valence-electron chi connectivity index (χ1n) is 9.03. The zero-order valence-electron chi connectivity index (χ0n) is 15.8. The predicted molar refractivity (Wildman–Crippen MR) is 112 cm³/mol. The molecule has 0 spiro atoms. The van der Waals surface area contributed by atoms with Crippen molar-refractivity contribution in [2.75, 3.05) is 13.1 Å². The molecule has 0 aliphatic carbocycles. The Balaban J connectivity index is 0.00000225. The van der Waals surface area contributed by atoms with Crippen LogP contribution in [0.5, 0.6) is 0 Å². The lowest BCUT2D eigenvalue weighted by Gasteiger charge is -2.13. The van der Waals surface area contributed by atoms with Crippen LogP contribution in [0.2, 0.25) is 0 Å². The molecule has 2 aromatic heterocycles. The summed E-state index contributed by atoms with van der Waals surface area (Å²) in [5, 5.41) is 11.6. The van der Waals surface area contributed by atoms with Crippen LogP contribution >= 0.6 is 24.2 Å². The number of fused-ring (bicyclic) bond motifs is 1. The number of thioether (sulfide) groups is 1. The third-order valence-electron chi connectivity index (χ3n) is 4.61. The van der Waals surface area contributed by atoms with Gasteiger partial charge in [0.05, 0.1) is 0 Å². The van der Waals surface area contributed by atoms with Gasteiger partial charge in [0.25, 0.3) is 11.7 Å². The first-order chi connectivity index (χ1) is 13.1. The summed E-state index contributed by atoms with van der Waals surface area (Å²) < 4.78 is 1.75. The Morgan fingerprint density at radius 3 is 2.93 bits per heavy atom. The number of nitrogens with one attached hydrogen (secondary N) is 2. The maximum Gasteiger partial charge on any atom is 0.253 e. The average molecular weight is 419 g/mol. The molecule has 4 rings (SSSR count). The first-order valence-corrected chi connectivity index (χ1v) is 10.0. The Labute approximate surface area is 174 Å². The number of halogens is 1. The molecule has 1 saturated heterocycles. The highest BCUT2D eigenvalue weighted by atomic mass is 35.5. The fourth-order valence-electron chi connectivity index (χ4n) is 3.26. The van der Waals surface area contributed by atoms with Gasteiger partial charge in [-0.2, -0.15) is 4.98 Å². The molecule has 9 heteroatoms. The second-order valence-corrected chi connectivity index (χ2v) is 7.70. The Hall–Kier alpha value is -2.16. The molecule has 7 nitrogen and oxygen atoms in total. The van der Waals surface area contributed by atoms with E-state index in [9.17, 15) is 4.79 Å². The maximum absolute atomic E-state index is 12.7. The molecule has 3 aromatic rings. The van der Waals surface area contributed by atoms with Crippen molar-refractivity contribution in [1.82, 2.24) is 30.2 Å². The van der Waals surface area contributed by atoms with Crippen molar-refractivity contribution >= 4 is 35.9 Å². The van der Waals surface area contributed by atoms with Crippen LogP contribution in [0.4, 0.5) is 0 Å². The highest BCUT2D eigenvalue weighted by Gasteiger charge is 2.19. The fourth-order valence-corrected chi connectivity index (χ4v) is 4.08. The van der Waals surface area contributed by atoms with Crippen LogP contribution in [-0.4, -0.2) is 44.6 Å². The number of amides is 1. The smallest absolute Gasteiger partial charge is 0.253 e. The number of carbonyl (C=O) groups is 1. The van der Waals surface area contributed by atoms with E-state index in [0.29, 0.717) is 22.3 Å². The van der Waals surface area contributed by atoms with Gasteiger partial charge in [-0.05, 0) is 44.5 Å². The van der Waals surface area contributed by atoms with Crippen molar-refractivity contribution in [1.29, 1.82) is 0 Å². The number of hydrogen-bond acceptors (Lipinski definition) is 6. The van der Waals surface area contributed by atoms with Gasteiger partial charge in [-0.15, -0.1) is 17.5 Å². The van der Waals surface area contributed by atoms with E-state index in [1.807, 2.05) is 44.2 Å². The summed E-state index contributed by atoms with van der Waals surface area (Å²) in [4.78, 5) is 21.6. The van der Waals surface area contributed by atoms with Gasteiger partial charge in [-0.3, -0.25) is 4.79 Å². The van der Waals surface area contributed by atoms with Crippen LogP contribution < -0.4 is 10.6 Å². The molecule has 1 aliphatic rings. The quantitative estimate of drug-likeness (QED) is 0.619. The minimum Gasteiger partial charge on any atom is -0.348 e. The lowest BCUT2D eigenvalue weighted by molar-refractivity contribution is 0.0939. The van der Waals surface area contributed by atoms with Gasteiger partial charge < -0.3 is 10.6 Å². The molecule has 0 radical (unpaired) electrons. The summed E-state index contributed by atoms with van der Waals surface area (Å²) in [6.07, 6.45) is 0.972. The minimum atomic E-state index is -0.0176. The van der Waals surface area contributed by atoms with E-state index in [0.717, 1.165) is 36.5 Å². The minimum absolute atomic E-state index is 0. The third kappa shape index (κ3) is 4.45. The Morgan fingerprint density at radius 1 is 1.32 bits per heavy atom. The Kier molecular flexibility index (Phi) is 6.53. The molecule has 3 heterocycles. The zero-order valence-corrected chi connectivity index (χ0v) is 17.4. The van der Waals surface area contributed by atoms with E-state index in [2.05, 4.69) is 25.7 Å². The first kappa shape index (κ1) is 20.6. The molecular formula is C19H23ClN6OS. The van der Waals surface area contributed by atoms with Gasteiger partial charge in [0.2, 0.25) is 5.16 Å². The summed E-state index contributed by atoms with van der Waals surface area (Å²) in [6, 6.07) is 9.90. The van der Waals surface area contributed by atoms with Crippen LogP contribution in [0.25, 0.3) is 5.78 Å². The molecule has 148 valence electrons. The van der Waals surface area contributed by atoms with Crippen molar-refractivity contribution in [2.45, 2.75) is 37.2 Å². The van der Waals surface area contributed by atoms with Gasteiger partial charge in [0, 0.05) is 35.3 Å². The topological polar surface area (TPSA) is 84.2 Å². The maximum atomic E-state index is 12.7. The van der Waals surface area contributed by atoms with Crippen molar-refractivity contribution < 1.29 is 4.79 Å². The summed E-state index contributed by atoms with van der Waals surface area (Å²) in [7, 11) is 0. The van der Waals surface area contributed by atoms with Crippen LogP contribution in [0.15, 0.2) is 35.5 Å². The molecule has 0 bridgehead atoms. The van der Waals surface area contributed by atoms with Crippen molar-refractivity contribution in [2.24, 2.45) is 0 Å². The second kappa shape index (κ2) is 8.89. The van der Waals surface area contributed by atoms with E-state index in [-0.39, 0.29) is 24.4 Å². The van der Waals surface area contributed by atoms with Gasteiger partial charge in [0.1, 0.15) is 0 Å². The fraction of sp³-hybridized carbons (Fsp3) is 0.368. The number of carbonyl (C=O) groups excluding carboxylic acids is 1. The largest absolute Gasteiger partial charge is 0.348 e. The molecule has 1 atom stereocenters. The van der Waals surface area contributed by atoms with Crippen LogP contribution in [-0.2, 0) is 5.75 Å². The summed E-state index contributed by atoms with van der Waals surface area (Å²) >= 11 is 1.51. The second-order valence-electron chi connectivity index (χ2n) is 6.75.